The maximum Gasteiger partial charge on any atom is 0.168 e. The van der Waals surface area contributed by atoms with E-state index in [9.17, 15) is 5.11 Å². The summed E-state index contributed by atoms with van der Waals surface area (Å²) >= 11 is 1.52. The lowest BCUT2D eigenvalue weighted by Crippen LogP contribution is -1.89. The van der Waals surface area contributed by atoms with Crippen molar-refractivity contribution < 1.29 is 14.6 Å². The van der Waals surface area contributed by atoms with Crippen molar-refractivity contribution in [1.82, 2.24) is 4.98 Å². The molecule has 3 rings (SSSR count). The lowest BCUT2D eigenvalue weighted by molar-refractivity contribution is 0.341. The molecule has 0 amide bonds. The molecule has 0 atom stereocenters. The number of hydrogen-bond acceptors (Lipinski definition) is 5. The number of rotatable bonds is 4. The average Bonchev–Trinajstić information content (AvgIpc) is 2.90. The summed E-state index contributed by atoms with van der Waals surface area (Å²) in [5.41, 5.74) is 1.56. The Labute approximate surface area is 126 Å². The van der Waals surface area contributed by atoms with Crippen LogP contribution in [0.3, 0.4) is 0 Å². The number of para-hydroxylation sites is 1. The maximum atomic E-state index is 10.2. The highest BCUT2D eigenvalue weighted by atomic mass is 32.1. The second kappa shape index (κ2) is 5.61. The van der Waals surface area contributed by atoms with Gasteiger partial charge >= 0.3 is 0 Å². The molecule has 2 aromatic carbocycles. The fraction of sp³-hybridized carbons (Fsp3) is 0.188. The van der Waals surface area contributed by atoms with Gasteiger partial charge in [0.15, 0.2) is 11.5 Å². The van der Waals surface area contributed by atoms with Gasteiger partial charge in [0, 0.05) is 0 Å². The third-order valence-corrected chi connectivity index (χ3v) is 4.17. The van der Waals surface area contributed by atoms with E-state index in [0.717, 1.165) is 21.0 Å². The Bertz CT molecular complexity index is 782. The van der Waals surface area contributed by atoms with Crippen molar-refractivity contribution in [3.05, 3.63) is 36.4 Å². The largest absolute Gasteiger partial charge is 0.504 e. The fourth-order valence-corrected chi connectivity index (χ4v) is 3.16. The minimum absolute atomic E-state index is 0.115. The van der Waals surface area contributed by atoms with Crippen molar-refractivity contribution in [3.63, 3.8) is 0 Å². The molecule has 21 heavy (non-hydrogen) atoms. The molecule has 0 bridgehead atoms. The summed E-state index contributed by atoms with van der Waals surface area (Å²) in [6.45, 7) is 2.59. The zero-order chi connectivity index (χ0) is 14.8. The molecule has 0 spiro atoms. The number of thiazole rings is 1. The van der Waals surface area contributed by atoms with Gasteiger partial charge in [-0.15, -0.1) is 11.3 Å². The number of hydrogen-bond donors (Lipinski definition) is 1. The molecule has 1 aromatic heterocycles. The van der Waals surface area contributed by atoms with Crippen LogP contribution in [0, 0.1) is 0 Å². The van der Waals surface area contributed by atoms with Crippen molar-refractivity contribution in [1.29, 1.82) is 0 Å². The summed E-state index contributed by atoms with van der Waals surface area (Å²) in [7, 11) is 1.53. The van der Waals surface area contributed by atoms with Crippen LogP contribution in [-0.4, -0.2) is 23.8 Å². The van der Waals surface area contributed by atoms with E-state index in [-0.39, 0.29) is 5.75 Å². The number of methoxy groups -OCH3 is 1. The summed E-state index contributed by atoms with van der Waals surface area (Å²) in [5, 5.41) is 11.0. The Hall–Kier alpha value is -2.27. The first-order chi connectivity index (χ1) is 10.2. The van der Waals surface area contributed by atoms with Gasteiger partial charge in [0.25, 0.3) is 0 Å². The highest BCUT2D eigenvalue weighted by Crippen LogP contribution is 2.40. The topological polar surface area (TPSA) is 51.6 Å². The van der Waals surface area contributed by atoms with E-state index in [1.165, 1.54) is 18.4 Å². The quantitative estimate of drug-likeness (QED) is 0.789. The second-order valence-corrected chi connectivity index (χ2v) is 5.47. The van der Waals surface area contributed by atoms with E-state index in [4.69, 9.17) is 9.47 Å². The van der Waals surface area contributed by atoms with Crippen molar-refractivity contribution in [2.75, 3.05) is 13.7 Å². The summed E-state index contributed by atoms with van der Waals surface area (Å²) < 4.78 is 11.7. The van der Waals surface area contributed by atoms with Crippen molar-refractivity contribution in [3.8, 4) is 27.8 Å². The van der Waals surface area contributed by atoms with Crippen LogP contribution in [0.2, 0.25) is 0 Å². The molecule has 0 saturated heterocycles. The normalized spacial score (nSPS) is 10.8. The van der Waals surface area contributed by atoms with Gasteiger partial charge in [-0.1, -0.05) is 6.07 Å². The average molecular weight is 301 g/mol. The van der Waals surface area contributed by atoms with E-state index in [0.29, 0.717) is 17.9 Å². The predicted octanol–water partition coefficient (Wildman–Crippen LogP) is 4.08. The number of benzene rings is 2. The molecule has 0 unspecified atom stereocenters. The maximum absolute atomic E-state index is 10.2. The first kappa shape index (κ1) is 13.7. The lowest BCUT2D eigenvalue weighted by atomic mass is 10.2. The van der Waals surface area contributed by atoms with Crippen LogP contribution in [0.25, 0.3) is 20.8 Å². The molecule has 0 aliphatic rings. The van der Waals surface area contributed by atoms with Crippen LogP contribution in [-0.2, 0) is 0 Å². The molecule has 0 radical (unpaired) electrons. The molecule has 1 N–H and O–H groups in total. The van der Waals surface area contributed by atoms with Crippen molar-refractivity contribution in [2.24, 2.45) is 0 Å². The van der Waals surface area contributed by atoms with Gasteiger partial charge in [-0.05, 0) is 37.3 Å². The molecular formula is C16H15NO3S. The molecule has 4 nitrogen and oxygen atoms in total. The number of nitrogens with zero attached hydrogens (tertiary/aromatic N) is 1. The smallest absolute Gasteiger partial charge is 0.168 e. The van der Waals surface area contributed by atoms with E-state index < -0.39 is 0 Å². The minimum atomic E-state index is 0.115. The van der Waals surface area contributed by atoms with Gasteiger partial charge in [0.1, 0.15) is 10.8 Å². The lowest BCUT2D eigenvalue weighted by Gasteiger charge is -2.05. The molecule has 0 aliphatic heterocycles. The first-order valence-corrected chi connectivity index (χ1v) is 7.44. The second-order valence-electron chi connectivity index (χ2n) is 4.44. The SMILES string of the molecule is CCOc1ccc2nc(-c3cccc(OC)c3O)sc2c1. The van der Waals surface area contributed by atoms with E-state index in [1.54, 1.807) is 6.07 Å². The number of phenolic OH excluding ortho intramolecular Hbond substituents is 1. The van der Waals surface area contributed by atoms with Gasteiger partial charge < -0.3 is 14.6 Å². The minimum Gasteiger partial charge on any atom is -0.504 e. The summed E-state index contributed by atoms with van der Waals surface area (Å²) in [4.78, 5) is 4.57. The molecule has 0 aliphatic carbocycles. The Balaban J connectivity index is 2.09. The predicted molar refractivity (Wildman–Crippen MR) is 84.4 cm³/mol. The number of aromatic hydroxyl groups is 1. The molecule has 0 saturated carbocycles. The Morgan fingerprint density at radius 3 is 2.86 bits per heavy atom. The number of ether oxygens (including phenoxy) is 2. The number of fused-ring (bicyclic) bond motifs is 1. The highest BCUT2D eigenvalue weighted by molar-refractivity contribution is 7.21. The van der Waals surface area contributed by atoms with Crippen LogP contribution in [0.15, 0.2) is 36.4 Å². The van der Waals surface area contributed by atoms with Gasteiger partial charge in [0.05, 0.1) is 29.5 Å². The third kappa shape index (κ3) is 2.52. The van der Waals surface area contributed by atoms with Gasteiger partial charge in [-0.2, -0.15) is 0 Å². The first-order valence-electron chi connectivity index (χ1n) is 6.62. The van der Waals surface area contributed by atoms with Crippen LogP contribution in [0.5, 0.6) is 17.2 Å². The molecule has 0 fully saturated rings. The Kier molecular flexibility index (Phi) is 3.66. The summed E-state index contributed by atoms with van der Waals surface area (Å²) in [6.07, 6.45) is 0. The van der Waals surface area contributed by atoms with Crippen LogP contribution in [0.1, 0.15) is 6.92 Å². The van der Waals surface area contributed by atoms with Crippen molar-refractivity contribution in [2.45, 2.75) is 6.92 Å². The highest BCUT2D eigenvalue weighted by Gasteiger charge is 2.14. The van der Waals surface area contributed by atoms with Crippen molar-refractivity contribution >= 4 is 21.6 Å². The van der Waals surface area contributed by atoms with E-state index in [1.807, 2.05) is 37.3 Å². The van der Waals surface area contributed by atoms with Gasteiger partial charge in [0.2, 0.25) is 0 Å². The Morgan fingerprint density at radius 1 is 1.24 bits per heavy atom. The standard InChI is InChI=1S/C16H15NO3S/c1-3-20-10-7-8-12-14(9-10)21-16(17-12)11-5-4-6-13(19-2)15(11)18/h4-9,18H,3H2,1-2H3. The molecule has 1 heterocycles. The summed E-state index contributed by atoms with van der Waals surface area (Å²) in [6, 6.07) is 11.2. The van der Waals surface area contributed by atoms with Gasteiger partial charge in [-0.25, -0.2) is 4.98 Å². The summed E-state index contributed by atoms with van der Waals surface area (Å²) in [5.74, 6) is 1.39. The number of phenols is 1. The molecule has 5 heteroatoms. The molecule has 3 aromatic rings. The van der Waals surface area contributed by atoms with E-state index in [2.05, 4.69) is 4.98 Å². The number of aromatic nitrogens is 1. The monoisotopic (exact) mass is 301 g/mol. The third-order valence-electron chi connectivity index (χ3n) is 3.12. The molecular weight excluding hydrogens is 286 g/mol. The zero-order valence-corrected chi connectivity index (χ0v) is 12.6. The molecule has 108 valence electrons. The van der Waals surface area contributed by atoms with E-state index >= 15 is 0 Å². The van der Waals surface area contributed by atoms with Crippen LogP contribution < -0.4 is 9.47 Å². The van der Waals surface area contributed by atoms with Crippen LogP contribution in [0.4, 0.5) is 0 Å². The zero-order valence-electron chi connectivity index (χ0n) is 11.8. The Morgan fingerprint density at radius 2 is 2.10 bits per heavy atom. The van der Waals surface area contributed by atoms with Crippen LogP contribution >= 0.6 is 11.3 Å². The fourth-order valence-electron chi connectivity index (χ4n) is 2.14. The van der Waals surface area contributed by atoms with Gasteiger partial charge in [-0.3, -0.25) is 0 Å².